The molecule has 2 heterocycles. The fourth-order valence-electron chi connectivity index (χ4n) is 1.72. The van der Waals surface area contributed by atoms with Crippen molar-refractivity contribution in [1.29, 1.82) is 0 Å². The molecule has 17 heavy (non-hydrogen) atoms. The molecular weight excluding hydrogens is 238 g/mol. The highest BCUT2D eigenvalue weighted by atomic mass is 35.5. The Morgan fingerprint density at radius 3 is 2.82 bits per heavy atom. The topological polar surface area (TPSA) is 47.8 Å². The lowest BCUT2D eigenvalue weighted by Crippen LogP contribution is -2.11. The number of ketones is 1. The van der Waals surface area contributed by atoms with E-state index in [-0.39, 0.29) is 5.78 Å². The van der Waals surface area contributed by atoms with E-state index < -0.39 is 0 Å². The Kier molecular flexibility index (Phi) is 3.24. The first-order valence-corrected chi connectivity index (χ1v) is 5.68. The van der Waals surface area contributed by atoms with Gasteiger partial charge in [-0.2, -0.15) is 5.10 Å². The molecule has 2 rings (SSSR count). The molecule has 0 unspecified atom stereocenters. The zero-order valence-electron chi connectivity index (χ0n) is 9.64. The Morgan fingerprint density at radius 1 is 1.47 bits per heavy atom. The van der Waals surface area contributed by atoms with Crippen molar-refractivity contribution in [3.63, 3.8) is 0 Å². The van der Waals surface area contributed by atoms with Gasteiger partial charge < -0.3 is 0 Å². The smallest absolute Gasteiger partial charge is 0.212 e. The van der Waals surface area contributed by atoms with Gasteiger partial charge in [-0.1, -0.05) is 18.5 Å². The van der Waals surface area contributed by atoms with Crippen LogP contribution in [0.1, 0.15) is 28.5 Å². The molecule has 0 aliphatic rings. The summed E-state index contributed by atoms with van der Waals surface area (Å²) < 4.78 is 1.49. The van der Waals surface area contributed by atoms with Crippen molar-refractivity contribution in [2.75, 3.05) is 0 Å². The van der Waals surface area contributed by atoms with Crippen LogP contribution < -0.4 is 0 Å². The van der Waals surface area contributed by atoms with Crippen LogP contribution in [0.5, 0.6) is 0 Å². The summed E-state index contributed by atoms with van der Waals surface area (Å²) in [5, 5.41) is 4.34. The van der Waals surface area contributed by atoms with E-state index in [2.05, 4.69) is 10.1 Å². The second-order valence-electron chi connectivity index (χ2n) is 3.68. The van der Waals surface area contributed by atoms with Gasteiger partial charge in [0.1, 0.15) is 5.69 Å². The van der Waals surface area contributed by atoms with Crippen molar-refractivity contribution in [2.24, 2.45) is 7.05 Å². The normalized spacial score (nSPS) is 10.5. The zero-order valence-corrected chi connectivity index (χ0v) is 10.4. The van der Waals surface area contributed by atoms with Crippen LogP contribution in [0, 0.1) is 0 Å². The molecule has 0 aromatic carbocycles. The highest BCUT2D eigenvalue weighted by Gasteiger charge is 2.19. The summed E-state index contributed by atoms with van der Waals surface area (Å²) >= 11 is 5.97. The Hall–Kier alpha value is -1.68. The Labute approximate surface area is 104 Å². The first-order valence-electron chi connectivity index (χ1n) is 5.30. The maximum absolute atomic E-state index is 12.4. The number of halogens is 1. The number of nitrogens with zero attached hydrogens (tertiary/aromatic N) is 3. The molecule has 0 aliphatic carbocycles. The van der Waals surface area contributed by atoms with Gasteiger partial charge in [0.25, 0.3) is 0 Å². The highest BCUT2D eigenvalue weighted by molar-refractivity contribution is 6.34. The Morgan fingerprint density at radius 2 is 2.24 bits per heavy atom. The second kappa shape index (κ2) is 4.67. The monoisotopic (exact) mass is 249 g/mol. The van der Waals surface area contributed by atoms with Crippen molar-refractivity contribution in [1.82, 2.24) is 14.8 Å². The van der Waals surface area contributed by atoms with Crippen LogP contribution in [0.3, 0.4) is 0 Å². The van der Waals surface area contributed by atoms with E-state index in [0.29, 0.717) is 16.3 Å². The molecule has 0 saturated heterocycles. The summed E-state index contributed by atoms with van der Waals surface area (Å²) in [4.78, 5) is 16.4. The molecular formula is C12H12ClN3O. The number of pyridine rings is 1. The van der Waals surface area contributed by atoms with Crippen LogP contribution in [-0.4, -0.2) is 20.5 Å². The quantitative estimate of drug-likeness (QED) is 0.784. The van der Waals surface area contributed by atoms with Gasteiger partial charge in [0.05, 0.1) is 11.2 Å². The molecule has 0 aliphatic heterocycles. The molecule has 0 amide bonds. The maximum atomic E-state index is 12.4. The molecule has 0 saturated carbocycles. The van der Waals surface area contributed by atoms with Crippen LogP contribution in [0.2, 0.25) is 5.02 Å². The first kappa shape index (κ1) is 11.8. The number of carbonyl (C=O) groups is 1. The van der Waals surface area contributed by atoms with Crippen LogP contribution in [0.4, 0.5) is 0 Å². The standard InChI is InChI=1S/C12H12ClN3O/c1-3-8-6-14-5-4-9(8)12(17)11-10(13)7-15-16(11)2/h4-7H,3H2,1-2H3. The van der Waals surface area contributed by atoms with Crippen LogP contribution in [-0.2, 0) is 13.5 Å². The molecule has 0 bridgehead atoms. The molecule has 88 valence electrons. The first-order chi connectivity index (χ1) is 8.15. The largest absolute Gasteiger partial charge is 0.287 e. The third-order valence-corrected chi connectivity index (χ3v) is 2.91. The van der Waals surface area contributed by atoms with Gasteiger partial charge in [0.15, 0.2) is 0 Å². The lowest BCUT2D eigenvalue weighted by atomic mass is 10.0. The number of aromatic nitrogens is 3. The summed E-state index contributed by atoms with van der Waals surface area (Å²) in [7, 11) is 1.70. The summed E-state index contributed by atoms with van der Waals surface area (Å²) in [6.07, 6.45) is 5.54. The number of aryl methyl sites for hydroxylation is 2. The van der Waals surface area contributed by atoms with Crippen LogP contribution in [0.15, 0.2) is 24.7 Å². The number of hydrogen-bond acceptors (Lipinski definition) is 3. The van der Waals surface area contributed by atoms with E-state index in [1.54, 1.807) is 25.5 Å². The molecule has 0 radical (unpaired) electrons. The third-order valence-electron chi connectivity index (χ3n) is 2.64. The fraction of sp³-hybridized carbons (Fsp3) is 0.250. The van der Waals surface area contributed by atoms with Crippen molar-refractivity contribution in [2.45, 2.75) is 13.3 Å². The van der Waals surface area contributed by atoms with E-state index in [1.165, 1.54) is 10.9 Å². The van der Waals surface area contributed by atoms with Gasteiger partial charge in [-0.3, -0.25) is 14.5 Å². The van der Waals surface area contributed by atoms with E-state index in [1.807, 2.05) is 6.92 Å². The molecule has 2 aromatic rings. The molecule has 0 atom stereocenters. The lowest BCUT2D eigenvalue weighted by molar-refractivity contribution is 0.102. The third kappa shape index (κ3) is 2.08. The molecule has 0 spiro atoms. The van der Waals surface area contributed by atoms with E-state index in [9.17, 15) is 4.79 Å². The SMILES string of the molecule is CCc1cnccc1C(=O)c1c(Cl)cnn1C. The summed E-state index contributed by atoms with van der Waals surface area (Å²) in [5.74, 6) is -0.116. The predicted octanol–water partition coefficient (Wildman–Crippen LogP) is 2.26. The van der Waals surface area contributed by atoms with Gasteiger partial charge in [0, 0.05) is 25.0 Å². The molecule has 0 N–H and O–H groups in total. The fourth-order valence-corrected chi connectivity index (χ4v) is 1.98. The van der Waals surface area contributed by atoms with Crippen LogP contribution in [0.25, 0.3) is 0 Å². The average molecular weight is 250 g/mol. The predicted molar refractivity (Wildman–Crippen MR) is 65.3 cm³/mol. The average Bonchev–Trinajstić information content (AvgIpc) is 2.68. The van der Waals surface area contributed by atoms with Crippen molar-refractivity contribution < 1.29 is 4.79 Å². The second-order valence-corrected chi connectivity index (χ2v) is 4.09. The van der Waals surface area contributed by atoms with Crippen LogP contribution >= 0.6 is 11.6 Å². The van der Waals surface area contributed by atoms with E-state index in [0.717, 1.165) is 12.0 Å². The van der Waals surface area contributed by atoms with Gasteiger partial charge in [-0.05, 0) is 18.1 Å². The maximum Gasteiger partial charge on any atom is 0.212 e. The van der Waals surface area contributed by atoms with E-state index >= 15 is 0 Å². The van der Waals surface area contributed by atoms with Gasteiger partial charge in [-0.15, -0.1) is 0 Å². The van der Waals surface area contributed by atoms with Crippen molar-refractivity contribution in [3.8, 4) is 0 Å². The van der Waals surface area contributed by atoms with Crippen molar-refractivity contribution >= 4 is 17.4 Å². The van der Waals surface area contributed by atoms with Gasteiger partial charge in [0.2, 0.25) is 5.78 Å². The van der Waals surface area contributed by atoms with E-state index in [4.69, 9.17) is 11.6 Å². The minimum atomic E-state index is -0.116. The highest BCUT2D eigenvalue weighted by Crippen LogP contribution is 2.20. The number of hydrogen-bond donors (Lipinski definition) is 0. The van der Waals surface area contributed by atoms with Gasteiger partial charge >= 0.3 is 0 Å². The minimum Gasteiger partial charge on any atom is -0.287 e. The molecule has 4 nitrogen and oxygen atoms in total. The zero-order chi connectivity index (χ0) is 12.4. The summed E-state index contributed by atoms with van der Waals surface area (Å²) in [6.45, 7) is 1.98. The molecule has 2 aromatic heterocycles. The van der Waals surface area contributed by atoms with Crippen molar-refractivity contribution in [3.05, 3.63) is 46.5 Å². The Balaban J connectivity index is 2.51. The molecule has 0 fully saturated rings. The number of carbonyl (C=O) groups excluding carboxylic acids is 1. The van der Waals surface area contributed by atoms with Gasteiger partial charge in [-0.25, -0.2) is 0 Å². The minimum absolute atomic E-state index is 0.116. The number of rotatable bonds is 3. The summed E-state index contributed by atoms with van der Waals surface area (Å²) in [5.41, 5.74) is 1.95. The lowest BCUT2D eigenvalue weighted by Gasteiger charge is -2.06. The summed E-state index contributed by atoms with van der Waals surface area (Å²) in [6, 6.07) is 1.71. The Bertz CT molecular complexity index is 543. The molecule has 5 heteroatoms.